The highest BCUT2D eigenvalue weighted by atomic mass is 35.5. The predicted octanol–water partition coefficient (Wildman–Crippen LogP) is 4.21. The lowest BCUT2D eigenvalue weighted by Crippen LogP contribution is -2.33. The average molecular weight is 361 g/mol. The first kappa shape index (κ1) is 19.3. The number of benzene rings is 2. The van der Waals surface area contributed by atoms with Crippen molar-refractivity contribution in [3.63, 3.8) is 0 Å². The average Bonchev–Trinajstić information content (AvgIpc) is 2.52. The van der Waals surface area contributed by atoms with E-state index in [0.717, 1.165) is 22.6 Å². The topological polar surface area (TPSA) is 41.6 Å². The van der Waals surface area contributed by atoms with Crippen molar-refractivity contribution in [2.75, 3.05) is 32.1 Å². The van der Waals surface area contributed by atoms with Crippen molar-refractivity contribution in [2.45, 2.75) is 20.8 Å². The molecule has 0 heterocycles. The third-order valence-corrected chi connectivity index (χ3v) is 4.16. The van der Waals surface area contributed by atoms with E-state index in [1.165, 1.54) is 5.56 Å². The molecular formula is C20H25ClN2O2. The molecule has 0 aliphatic heterocycles. The van der Waals surface area contributed by atoms with Crippen LogP contribution in [0.4, 0.5) is 5.69 Å². The predicted molar refractivity (Wildman–Crippen MR) is 104 cm³/mol. The van der Waals surface area contributed by atoms with Gasteiger partial charge in [-0.05, 0) is 63.2 Å². The smallest absolute Gasteiger partial charge is 0.238 e. The van der Waals surface area contributed by atoms with Crippen LogP contribution >= 0.6 is 11.6 Å². The molecule has 5 heteroatoms. The molecule has 0 saturated heterocycles. The van der Waals surface area contributed by atoms with E-state index in [9.17, 15) is 4.79 Å². The molecule has 0 radical (unpaired) electrons. The van der Waals surface area contributed by atoms with Gasteiger partial charge in [0.05, 0.1) is 6.54 Å². The lowest BCUT2D eigenvalue weighted by atomic mass is 10.1. The first-order valence-corrected chi connectivity index (χ1v) is 8.67. The molecule has 4 nitrogen and oxygen atoms in total. The number of carbonyl (C=O) groups is 1. The van der Waals surface area contributed by atoms with Crippen molar-refractivity contribution in [1.82, 2.24) is 4.90 Å². The van der Waals surface area contributed by atoms with Crippen molar-refractivity contribution in [2.24, 2.45) is 0 Å². The van der Waals surface area contributed by atoms with Crippen LogP contribution in [-0.2, 0) is 4.79 Å². The number of halogens is 1. The molecule has 1 N–H and O–H groups in total. The van der Waals surface area contributed by atoms with Crippen molar-refractivity contribution in [3.05, 3.63) is 58.1 Å². The lowest BCUT2D eigenvalue weighted by molar-refractivity contribution is -0.117. The van der Waals surface area contributed by atoms with Crippen LogP contribution in [0.3, 0.4) is 0 Å². The molecule has 0 bridgehead atoms. The maximum absolute atomic E-state index is 12.3. The number of ether oxygens (including phenoxy) is 1. The molecule has 1 amide bonds. The molecule has 2 aromatic rings. The highest BCUT2D eigenvalue weighted by molar-refractivity contribution is 6.30. The summed E-state index contributed by atoms with van der Waals surface area (Å²) < 4.78 is 5.65. The van der Waals surface area contributed by atoms with Gasteiger partial charge in [-0.15, -0.1) is 0 Å². The van der Waals surface area contributed by atoms with Crippen molar-refractivity contribution < 1.29 is 9.53 Å². The molecule has 2 rings (SSSR count). The minimum atomic E-state index is -0.0240. The number of aryl methyl sites for hydroxylation is 3. The molecule has 134 valence electrons. The number of hydrogen-bond donors (Lipinski definition) is 1. The molecule has 0 unspecified atom stereocenters. The number of nitrogens with zero attached hydrogens (tertiary/aromatic N) is 1. The lowest BCUT2D eigenvalue weighted by Gasteiger charge is -2.18. The number of amides is 1. The quantitative estimate of drug-likeness (QED) is 0.804. The van der Waals surface area contributed by atoms with Crippen molar-refractivity contribution >= 4 is 23.2 Å². The molecular weight excluding hydrogens is 336 g/mol. The number of carbonyl (C=O) groups excluding carboxylic acids is 1. The fraction of sp³-hybridized carbons (Fsp3) is 0.350. The van der Waals surface area contributed by atoms with Crippen LogP contribution in [0.25, 0.3) is 0 Å². The van der Waals surface area contributed by atoms with Crippen LogP contribution in [0.15, 0.2) is 36.4 Å². The van der Waals surface area contributed by atoms with E-state index in [4.69, 9.17) is 16.3 Å². The second-order valence-electron chi connectivity index (χ2n) is 6.36. The summed E-state index contributed by atoms with van der Waals surface area (Å²) in [7, 11) is 1.90. The summed E-state index contributed by atoms with van der Waals surface area (Å²) in [6.45, 7) is 7.56. The largest absolute Gasteiger partial charge is 0.492 e. The van der Waals surface area contributed by atoms with Crippen LogP contribution in [0.1, 0.15) is 16.7 Å². The van der Waals surface area contributed by atoms with E-state index in [2.05, 4.69) is 24.4 Å². The zero-order valence-electron chi connectivity index (χ0n) is 15.2. The molecule has 0 aliphatic rings. The summed E-state index contributed by atoms with van der Waals surface area (Å²) in [4.78, 5) is 14.2. The Morgan fingerprint density at radius 2 is 1.72 bits per heavy atom. The number of anilines is 1. The van der Waals surface area contributed by atoms with E-state index in [1.807, 2.05) is 37.9 Å². The maximum Gasteiger partial charge on any atom is 0.238 e. The van der Waals surface area contributed by atoms with Gasteiger partial charge in [0.2, 0.25) is 5.91 Å². The van der Waals surface area contributed by atoms with Gasteiger partial charge in [0.1, 0.15) is 12.4 Å². The Bertz CT molecular complexity index is 706. The molecule has 0 fully saturated rings. The highest BCUT2D eigenvalue weighted by Gasteiger charge is 2.10. The van der Waals surface area contributed by atoms with Crippen LogP contribution < -0.4 is 10.1 Å². The molecule has 0 atom stereocenters. The summed E-state index contributed by atoms with van der Waals surface area (Å²) >= 11 is 5.84. The summed E-state index contributed by atoms with van der Waals surface area (Å²) in [5.41, 5.74) is 4.27. The third-order valence-electron chi connectivity index (χ3n) is 3.91. The number of hydrogen-bond acceptors (Lipinski definition) is 3. The van der Waals surface area contributed by atoms with E-state index >= 15 is 0 Å². The zero-order valence-corrected chi connectivity index (χ0v) is 16.0. The monoisotopic (exact) mass is 360 g/mol. The fourth-order valence-electron chi connectivity index (χ4n) is 2.73. The van der Waals surface area contributed by atoms with Gasteiger partial charge in [0.15, 0.2) is 0 Å². The van der Waals surface area contributed by atoms with Gasteiger partial charge in [-0.2, -0.15) is 0 Å². The summed E-state index contributed by atoms with van der Waals surface area (Å²) in [6, 6.07) is 11.4. The van der Waals surface area contributed by atoms with Crippen LogP contribution in [0.2, 0.25) is 5.02 Å². The van der Waals surface area contributed by atoms with Gasteiger partial charge in [-0.3, -0.25) is 9.69 Å². The van der Waals surface area contributed by atoms with E-state index in [0.29, 0.717) is 24.7 Å². The van der Waals surface area contributed by atoms with E-state index < -0.39 is 0 Å². The van der Waals surface area contributed by atoms with E-state index in [-0.39, 0.29) is 5.91 Å². The van der Waals surface area contributed by atoms with Crippen LogP contribution in [0, 0.1) is 20.8 Å². The fourth-order valence-corrected chi connectivity index (χ4v) is 2.86. The minimum Gasteiger partial charge on any atom is -0.492 e. The van der Waals surface area contributed by atoms with Gasteiger partial charge >= 0.3 is 0 Å². The van der Waals surface area contributed by atoms with Gasteiger partial charge in [0.25, 0.3) is 0 Å². The Balaban J connectivity index is 1.79. The molecule has 0 spiro atoms. The Kier molecular flexibility index (Phi) is 6.85. The molecule has 25 heavy (non-hydrogen) atoms. The Labute approximate surface area is 154 Å². The van der Waals surface area contributed by atoms with Gasteiger partial charge in [-0.25, -0.2) is 0 Å². The minimum absolute atomic E-state index is 0.0240. The summed E-state index contributed by atoms with van der Waals surface area (Å²) in [5.74, 6) is 0.747. The Hall–Kier alpha value is -2.04. The summed E-state index contributed by atoms with van der Waals surface area (Å²) in [6.07, 6.45) is 0. The standard InChI is InChI=1S/C20H25ClN2O2/c1-14-11-15(2)20(16(3)12-14)22-19(24)13-23(4)9-10-25-18-7-5-17(21)6-8-18/h5-8,11-12H,9-10,13H2,1-4H3,(H,22,24). The van der Waals surface area contributed by atoms with E-state index in [1.54, 1.807) is 12.1 Å². The second-order valence-corrected chi connectivity index (χ2v) is 6.80. The normalized spacial score (nSPS) is 10.8. The van der Waals surface area contributed by atoms with Gasteiger partial charge in [0, 0.05) is 17.3 Å². The van der Waals surface area contributed by atoms with Gasteiger partial charge < -0.3 is 10.1 Å². The number of nitrogens with one attached hydrogen (secondary N) is 1. The molecule has 0 aliphatic carbocycles. The van der Waals surface area contributed by atoms with Gasteiger partial charge in [-0.1, -0.05) is 29.3 Å². The third kappa shape index (κ3) is 6.07. The second kappa shape index (κ2) is 8.88. The maximum atomic E-state index is 12.3. The van der Waals surface area contributed by atoms with Crippen molar-refractivity contribution in [3.8, 4) is 5.75 Å². The summed E-state index contributed by atoms with van der Waals surface area (Å²) in [5, 5.41) is 3.70. The Morgan fingerprint density at radius 1 is 1.12 bits per heavy atom. The van der Waals surface area contributed by atoms with Crippen molar-refractivity contribution in [1.29, 1.82) is 0 Å². The van der Waals surface area contributed by atoms with Crippen LogP contribution in [0.5, 0.6) is 5.75 Å². The first-order valence-electron chi connectivity index (χ1n) is 8.30. The highest BCUT2D eigenvalue weighted by Crippen LogP contribution is 2.21. The zero-order chi connectivity index (χ0) is 18.4. The number of rotatable bonds is 7. The molecule has 0 saturated carbocycles. The number of likely N-dealkylation sites (N-methyl/N-ethyl adjacent to an activating group) is 1. The van der Waals surface area contributed by atoms with Crippen LogP contribution in [-0.4, -0.2) is 37.6 Å². The molecule has 2 aromatic carbocycles. The molecule has 0 aromatic heterocycles. The first-order chi connectivity index (χ1) is 11.8. The SMILES string of the molecule is Cc1cc(C)c(NC(=O)CN(C)CCOc2ccc(Cl)cc2)c(C)c1. The Morgan fingerprint density at radius 3 is 2.32 bits per heavy atom.